The van der Waals surface area contributed by atoms with E-state index < -0.39 is 0 Å². The first-order valence-corrected chi connectivity index (χ1v) is 13.0. The molecule has 166 valence electrons. The number of nitrogens with one attached hydrogen (secondary N) is 1. The first-order chi connectivity index (χ1) is 15.6. The maximum Gasteiger partial charge on any atom is 0.263 e. The molecule has 1 saturated carbocycles. The zero-order chi connectivity index (χ0) is 22.2. The second kappa shape index (κ2) is 8.87. The number of fused-ring (bicyclic) bond motifs is 2. The lowest BCUT2D eigenvalue weighted by atomic mass is 9.88. The van der Waals surface area contributed by atoms with Gasteiger partial charge in [0, 0.05) is 6.54 Å². The number of thiophene rings is 1. The van der Waals surface area contributed by atoms with Crippen LogP contribution >= 0.6 is 23.1 Å². The van der Waals surface area contributed by atoms with Gasteiger partial charge >= 0.3 is 0 Å². The molecule has 0 bridgehead atoms. The smallest absolute Gasteiger partial charge is 0.263 e. The number of aromatic nitrogens is 2. The first-order valence-electron chi connectivity index (χ1n) is 11.2. The van der Waals surface area contributed by atoms with Gasteiger partial charge in [-0.05, 0) is 67.0 Å². The van der Waals surface area contributed by atoms with Crippen molar-refractivity contribution in [1.29, 1.82) is 0 Å². The van der Waals surface area contributed by atoms with Crippen molar-refractivity contribution in [1.82, 2.24) is 14.9 Å². The highest BCUT2D eigenvalue weighted by atomic mass is 32.2. The molecule has 3 aromatic rings. The normalized spacial score (nSPS) is 18.8. The van der Waals surface area contributed by atoms with Crippen LogP contribution in [0.4, 0.5) is 0 Å². The van der Waals surface area contributed by atoms with Gasteiger partial charge in [-0.2, -0.15) is 0 Å². The summed E-state index contributed by atoms with van der Waals surface area (Å²) in [6, 6.07) is 8.39. The molecule has 2 heterocycles. The highest BCUT2D eigenvalue weighted by molar-refractivity contribution is 8.00. The summed E-state index contributed by atoms with van der Waals surface area (Å²) in [4.78, 5) is 32.0. The Kier molecular flexibility index (Phi) is 5.95. The van der Waals surface area contributed by atoms with Crippen LogP contribution < -0.4 is 10.9 Å². The molecule has 1 aromatic carbocycles. The lowest BCUT2D eigenvalue weighted by Gasteiger charge is -2.27. The molecule has 0 radical (unpaired) electrons. The van der Waals surface area contributed by atoms with Crippen LogP contribution in [0.1, 0.15) is 61.3 Å². The Morgan fingerprint density at radius 2 is 2.16 bits per heavy atom. The van der Waals surface area contributed by atoms with Crippen molar-refractivity contribution >= 4 is 39.2 Å². The van der Waals surface area contributed by atoms with E-state index in [0.717, 1.165) is 47.9 Å². The summed E-state index contributed by atoms with van der Waals surface area (Å²) in [6.07, 6.45) is 7.09. The van der Waals surface area contributed by atoms with Gasteiger partial charge < -0.3 is 5.32 Å². The summed E-state index contributed by atoms with van der Waals surface area (Å²) in [5.41, 5.74) is 3.66. The average molecular weight is 466 g/mol. The van der Waals surface area contributed by atoms with Gasteiger partial charge in [-0.25, -0.2) is 4.98 Å². The van der Waals surface area contributed by atoms with Crippen LogP contribution in [0.5, 0.6) is 0 Å². The monoisotopic (exact) mass is 465 g/mol. The number of nitrogens with zero attached hydrogens (tertiary/aromatic N) is 2. The molecule has 5 nitrogen and oxygen atoms in total. The Morgan fingerprint density at radius 1 is 1.34 bits per heavy atom. The molecule has 2 atom stereocenters. The summed E-state index contributed by atoms with van der Waals surface area (Å²) >= 11 is 2.88. The van der Waals surface area contributed by atoms with E-state index in [9.17, 15) is 9.59 Å². The van der Waals surface area contributed by atoms with Gasteiger partial charge in [0.15, 0.2) is 5.16 Å². The third kappa shape index (κ3) is 4.04. The molecule has 5 rings (SSSR count). The number of carbonyl (C=O) groups excluding carboxylic acids is 1. The molecule has 1 N–H and O–H groups in total. The zero-order valence-electron chi connectivity index (χ0n) is 18.2. The maximum absolute atomic E-state index is 13.3. The predicted molar refractivity (Wildman–Crippen MR) is 132 cm³/mol. The molecule has 7 heteroatoms. The summed E-state index contributed by atoms with van der Waals surface area (Å²) in [6.45, 7) is 6.08. The summed E-state index contributed by atoms with van der Waals surface area (Å²) in [5.74, 6) is 0.470. The molecular weight excluding hydrogens is 438 g/mol. The van der Waals surface area contributed by atoms with Crippen LogP contribution in [-0.2, 0) is 17.8 Å². The van der Waals surface area contributed by atoms with Gasteiger partial charge in [0.1, 0.15) is 4.83 Å². The lowest BCUT2D eigenvalue weighted by molar-refractivity contribution is -0.121. The number of rotatable bonds is 7. The minimum absolute atomic E-state index is 0.0191. The second-order valence-corrected chi connectivity index (χ2v) is 10.8. The van der Waals surface area contributed by atoms with E-state index in [1.807, 2.05) is 13.0 Å². The fourth-order valence-corrected chi connectivity index (χ4v) is 6.50. The minimum atomic E-state index is -0.368. The lowest BCUT2D eigenvalue weighted by Crippen LogP contribution is -2.36. The maximum atomic E-state index is 13.3. The van der Waals surface area contributed by atoms with Crippen LogP contribution in [0.2, 0.25) is 0 Å². The third-order valence-electron chi connectivity index (χ3n) is 6.35. The average Bonchev–Trinajstić information content (AvgIpc) is 3.56. The Bertz CT molecular complexity index is 1240. The topological polar surface area (TPSA) is 64.0 Å². The van der Waals surface area contributed by atoms with Crippen LogP contribution in [0, 0.1) is 0 Å². The highest BCUT2D eigenvalue weighted by Gasteiger charge is 2.30. The second-order valence-electron chi connectivity index (χ2n) is 8.66. The molecule has 32 heavy (non-hydrogen) atoms. The quantitative estimate of drug-likeness (QED) is 0.296. The summed E-state index contributed by atoms with van der Waals surface area (Å²) < 4.78 is 1.66. The van der Waals surface area contributed by atoms with Gasteiger partial charge in [-0.15, -0.1) is 17.9 Å². The number of benzene rings is 1. The standard InChI is InChI=1S/C25H27N3O2S2/c1-3-13-28-24(30)21-19(17-11-12-17)14-31-23(21)27-25(28)32-15(2)22(29)26-20-10-6-8-16-7-4-5-9-18(16)20/h3-5,7,9,14-15,17,20H,1,6,8,10-13H2,2H3,(H,26,29)/t15-,20-/m0/s1. The number of amides is 1. The summed E-state index contributed by atoms with van der Waals surface area (Å²) in [5, 5.41) is 6.28. The largest absolute Gasteiger partial charge is 0.348 e. The molecule has 0 spiro atoms. The fraction of sp³-hybridized carbons (Fsp3) is 0.400. The molecule has 2 aliphatic carbocycles. The van der Waals surface area contributed by atoms with E-state index in [-0.39, 0.29) is 22.8 Å². The van der Waals surface area contributed by atoms with Crippen molar-refractivity contribution in [2.24, 2.45) is 0 Å². The van der Waals surface area contributed by atoms with Gasteiger partial charge in [0.25, 0.3) is 5.56 Å². The van der Waals surface area contributed by atoms with Gasteiger partial charge in [0.05, 0.1) is 16.7 Å². The third-order valence-corrected chi connectivity index (χ3v) is 8.33. The Hall–Kier alpha value is -2.38. The van der Waals surface area contributed by atoms with Crippen molar-refractivity contribution in [3.63, 3.8) is 0 Å². The molecule has 1 amide bonds. The summed E-state index contributed by atoms with van der Waals surface area (Å²) in [7, 11) is 0. The van der Waals surface area contributed by atoms with E-state index in [2.05, 4.69) is 35.5 Å². The molecule has 0 aliphatic heterocycles. The minimum Gasteiger partial charge on any atom is -0.348 e. The van der Waals surface area contributed by atoms with E-state index >= 15 is 0 Å². The van der Waals surface area contributed by atoms with Gasteiger partial charge in [0.2, 0.25) is 5.91 Å². The van der Waals surface area contributed by atoms with Crippen molar-refractivity contribution < 1.29 is 4.79 Å². The van der Waals surface area contributed by atoms with Crippen LogP contribution in [0.25, 0.3) is 10.2 Å². The number of aryl methyl sites for hydroxylation is 1. The first kappa shape index (κ1) is 21.5. The van der Waals surface area contributed by atoms with Crippen LogP contribution in [0.3, 0.4) is 0 Å². The Balaban J connectivity index is 1.39. The van der Waals surface area contributed by atoms with Crippen molar-refractivity contribution in [2.75, 3.05) is 0 Å². The molecular formula is C25H27N3O2S2. The van der Waals surface area contributed by atoms with E-state index in [1.54, 1.807) is 10.6 Å². The fourth-order valence-electron chi connectivity index (χ4n) is 4.51. The zero-order valence-corrected chi connectivity index (χ0v) is 19.8. The highest BCUT2D eigenvalue weighted by Crippen LogP contribution is 2.44. The number of hydrogen-bond donors (Lipinski definition) is 1. The van der Waals surface area contributed by atoms with Gasteiger partial charge in [-0.3, -0.25) is 14.2 Å². The SMILES string of the molecule is C=CCn1c(S[C@@H](C)C(=O)N[C@H]2CCCc3ccccc32)nc2scc(C3CC3)c2c1=O. The number of carbonyl (C=O) groups is 1. The molecule has 0 unspecified atom stereocenters. The van der Waals surface area contributed by atoms with Crippen molar-refractivity contribution in [2.45, 2.75) is 67.9 Å². The van der Waals surface area contributed by atoms with E-state index in [1.165, 1.54) is 34.2 Å². The molecule has 1 fully saturated rings. The number of thioether (sulfide) groups is 1. The number of allylic oxidation sites excluding steroid dienone is 1. The van der Waals surface area contributed by atoms with Crippen LogP contribution in [-0.4, -0.2) is 20.7 Å². The van der Waals surface area contributed by atoms with Crippen LogP contribution in [0.15, 0.2) is 52.3 Å². The van der Waals surface area contributed by atoms with E-state index in [4.69, 9.17) is 4.98 Å². The Labute approximate surface area is 195 Å². The van der Waals surface area contributed by atoms with E-state index in [0.29, 0.717) is 17.6 Å². The molecule has 0 saturated heterocycles. The molecule has 2 aliphatic rings. The number of hydrogen-bond acceptors (Lipinski definition) is 5. The predicted octanol–water partition coefficient (Wildman–Crippen LogP) is 5.20. The Morgan fingerprint density at radius 3 is 2.94 bits per heavy atom. The van der Waals surface area contributed by atoms with Crippen molar-refractivity contribution in [3.05, 3.63) is 69.3 Å². The van der Waals surface area contributed by atoms with Crippen molar-refractivity contribution in [3.8, 4) is 0 Å². The van der Waals surface area contributed by atoms with Gasteiger partial charge in [-0.1, -0.05) is 42.1 Å². The molecule has 2 aromatic heterocycles.